The molecular weight excluding hydrogens is 274 g/mol. The van der Waals surface area contributed by atoms with E-state index in [2.05, 4.69) is 11.4 Å². The van der Waals surface area contributed by atoms with Gasteiger partial charge in [-0.2, -0.15) is 5.26 Å². The van der Waals surface area contributed by atoms with E-state index >= 15 is 0 Å². The number of hydrogen-bond donors (Lipinski definition) is 1. The van der Waals surface area contributed by atoms with E-state index in [1.807, 2.05) is 61.3 Å². The van der Waals surface area contributed by atoms with Crippen molar-refractivity contribution in [3.63, 3.8) is 0 Å². The highest BCUT2D eigenvalue weighted by atomic mass is 16.1. The fraction of sp³-hybridized carbons (Fsp3) is 0.222. The first-order valence-electron chi connectivity index (χ1n) is 7.15. The van der Waals surface area contributed by atoms with E-state index in [0.717, 1.165) is 11.3 Å². The van der Waals surface area contributed by atoms with Gasteiger partial charge in [-0.15, -0.1) is 0 Å². The van der Waals surface area contributed by atoms with Crippen molar-refractivity contribution in [2.75, 3.05) is 18.9 Å². The molecule has 0 aliphatic carbocycles. The summed E-state index contributed by atoms with van der Waals surface area (Å²) in [6.07, 6.45) is 0. The third-order valence-electron chi connectivity index (χ3n) is 3.64. The van der Waals surface area contributed by atoms with Gasteiger partial charge in [0.15, 0.2) is 0 Å². The maximum atomic E-state index is 12.2. The number of nitrogens with one attached hydrogen (secondary N) is 1. The van der Waals surface area contributed by atoms with E-state index in [-0.39, 0.29) is 11.9 Å². The van der Waals surface area contributed by atoms with Gasteiger partial charge in [0.25, 0.3) is 5.91 Å². The van der Waals surface area contributed by atoms with Crippen LogP contribution in [-0.4, -0.2) is 24.4 Å². The molecule has 0 heterocycles. The fourth-order valence-electron chi connectivity index (χ4n) is 2.17. The molecule has 0 aliphatic heterocycles. The van der Waals surface area contributed by atoms with Gasteiger partial charge in [0.2, 0.25) is 0 Å². The average Bonchev–Trinajstić information content (AvgIpc) is 2.55. The fourth-order valence-corrected chi connectivity index (χ4v) is 2.17. The molecule has 1 amide bonds. The maximum Gasteiger partial charge on any atom is 0.255 e. The Morgan fingerprint density at radius 1 is 1.23 bits per heavy atom. The number of carbonyl (C=O) groups excluding carboxylic acids is 1. The lowest BCUT2D eigenvalue weighted by molar-refractivity contribution is 0.102. The molecule has 1 N–H and O–H groups in total. The molecule has 0 aliphatic rings. The van der Waals surface area contributed by atoms with Crippen LogP contribution in [0.25, 0.3) is 0 Å². The molecule has 4 nitrogen and oxygen atoms in total. The van der Waals surface area contributed by atoms with Gasteiger partial charge in [-0.1, -0.05) is 30.3 Å². The molecule has 0 aromatic heterocycles. The zero-order chi connectivity index (χ0) is 15.9. The Labute approximate surface area is 131 Å². The van der Waals surface area contributed by atoms with Crippen LogP contribution in [0.5, 0.6) is 0 Å². The average molecular weight is 293 g/mol. The van der Waals surface area contributed by atoms with Crippen LogP contribution in [0.4, 0.5) is 5.69 Å². The van der Waals surface area contributed by atoms with Crippen molar-refractivity contribution >= 4 is 11.6 Å². The van der Waals surface area contributed by atoms with Gasteiger partial charge >= 0.3 is 0 Å². The summed E-state index contributed by atoms with van der Waals surface area (Å²) in [5.74, 6) is -0.129. The molecule has 0 saturated heterocycles. The summed E-state index contributed by atoms with van der Waals surface area (Å²) in [6.45, 7) is 2.40. The van der Waals surface area contributed by atoms with E-state index in [0.29, 0.717) is 12.1 Å². The molecule has 22 heavy (non-hydrogen) atoms. The largest absolute Gasteiger partial charge is 0.322 e. The monoisotopic (exact) mass is 293 g/mol. The predicted molar refractivity (Wildman–Crippen MR) is 87.5 cm³/mol. The summed E-state index contributed by atoms with van der Waals surface area (Å²) < 4.78 is 0. The highest BCUT2D eigenvalue weighted by Crippen LogP contribution is 2.22. The van der Waals surface area contributed by atoms with Crippen LogP contribution in [0.2, 0.25) is 0 Å². The summed E-state index contributed by atoms with van der Waals surface area (Å²) in [6, 6.07) is 19.1. The Morgan fingerprint density at radius 2 is 1.95 bits per heavy atom. The number of rotatable bonds is 5. The molecule has 0 radical (unpaired) electrons. The zero-order valence-electron chi connectivity index (χ0n) is 12.8. The molecule has 1 unspecified atom stereocenters. The van der Waals surface area contributed by atoms with Crippen LogP contribution in [0.3, 0.4) is 0 Å². The van der Waals surface area contributed by atoms with Crippen molar-refractivity contribution in [3.8, 4) is 6.07 Å². The molecule has 2 rings (SSSR count). The van der Waals surface area contributed by atoms with E-state index in [1.54, 1.807) is 12.1 Å². The Balaban J connectivity index is 2.12. The smallest absolute Gasteiger partial charge is 0.255 e. The molecular formula is C18H19N3O. The Kier molecular flexibility index (Phi) is 5.29. The molecule has 112 valence electrons. The van der Waals surface area contributed by atoms with E-state index in [1.165, 1.54) is 0 Å². The van der Waals surface area contributed by atoms with Gasteiger partial charge in [0.05, 0.1) is 12.6 Å². The van der Waals surface area contributed by atoms with Gasteiger partial charge in [0.1, 0.15) is 0 Å². The molecule has 0 saturated carbocycles. The van der Waals surface area contributed by atoms with E-state index < -0.39 is 0 Å². The van der Waals surface area contributed by atoms with Gasteiger partial charge in [-0.3, -0.25) is 9.69 Å². The number of nitriles is 1. The van der Waals surface area contributed by atoms with Crippen LogP contribution in [0, 0.1) is 11.3 Å². The molecule has 2 aromatic carbocycles. The lowest BCUT2D eigenvalue weighted by Crippen LogP contribution is -2.22. The van der Waals surface area contributed by atoms with Crippen molar-refractivity contribution in [3.05, 3.63) is 65.7 Å². The van der Waals surface area contributed by atoms with Crippen molar-refractivity contribution in [2.45, 2.75) is 13.0 Å². The minimum Gasteiger partial charge on any atom is -0.322 e. The minimum absolute atomic E-state index is 0.105. The standard InChI is InChI=1S/C18H19N3O/c1-14(21(2)12-11-19)16-9-6-10-17(13-16)20-18(22)15-7-4-3-5-8-15/h3-10,13-14H,12H2,1-2H3,(H,20,22). The maximum absolute atomic E-state index is 12.2. The van der Waals surface area contributed by atoms with Crippen molar-refractivity contribution in [2.24, 2.45) is 0 Å². The van der Waals surface area contributed by atoms with Crippen molar-refractivity contribution in [1.82, 2.24) is 4.90 Å². The molecule has 1 atom stereocenters. The van der Waals surface area contributed by atoms with E-state index in [4.69, 9.17) is 5.26 Å². The van der Waals surface area contributed by atoms with Crippen molar-refractivity contribution in [1.29, 1.82) is 5.26 Å². The number of benzene rings is 2. The summed E-state index contributed by atoms with van der Waals surface area (Å²) >= 11 is 0. The second kappa shape index (κ2) is 7.39. The van der Waals surface area contributed by atoms with Gasteiger partial charge in [0, 0.05) is 17.3 Å². The molecule has 2 aromatic rings. The topological polar surface area (TPSA) is 56.1 Å². The van der Waals surface area contributed by atoms with Crippen LogP contribution in [-0.2, 0) is 0 Å². The first-order valence-corrected chi connectivity index (χ1v) is 7.15. The lowest BCUT2D eigenvalue weighted by Gasteiger charge is -2.22. The molecule has 0 bridgehead atoms. The second-order valence-corrected chi connectivity index (χ2v) is 5.19. The first-order chi connectivity index (χ1) is 10.6. The molecule has 0 spiro atoms. The number of nitrogens with zero attached hydrogens (tertiary/aromatic N) is 2. The quantitative estimate of drug-likeness (QED) is 0.859. The predicted octanol–water partition coefficient (Wildman–Crippen LogP) is 3.46. The van der Waals surface area contributed by atoms with Crippen LogP contribution in [0.1, 0.15) is 28.9 Å². The number of hydrogen-bond acceptors (Lipinski definition) is 3. The normalized spacial score (nSPS) is 11.7. The van der Waals surface area contributed by atoms with Crippen LogP contribution >= 0.6 is 0 Å². The second-order valence-electron chi connectivity index (χ2n) is 5.19. The van der Waals surface area contributed by atoms with E-state index in [9.17, 15) is 4.79 Å². The zero-order valence-corrected chi connectivity index (χ0v) is 12.8. The third-order valence-corrected chi connectivity index (χ3v) is 3.64. The van der Waals surface area contributed by atoms with Gasteiger partial charge in [-0.25, -0.2) is 0 Å². The Morgan fingerprint density at radius 3 is 2.64 bits per heavy atom. The third kappa shape index (κ3) is 3.94. The number of amides is 1. The highest BCUT2D eigenvalue weighted by Gasteiger charge is 2.12. The molecule has 0 fully saturated rings. The number of anilines is 1. The highest BCUT2D eigenvalue weighted by molar-refractivity contribution is 6.04. The van der Waals surface area contributed by atoms with Crippen molar-refractivity contribution < 1.29 is 4.79 Å². The SMILES string of the molecule is CC(c1cccc(NC(=O)c2ccccc2)c1)N(C)CC#N. The van der Waals surface area contributed by atoms with Crippen LogP contribution < -0.4 is 5.32 Å². The first kappa shape index (κ1) is 15.7. The summed E-state index contributed by atoms with van der Waals surface area (Å²) in [5.41, 5.74) is 2.44. The molecule has 4 heteroatoms. The minimum atomic E-state index is -0.129. The van der Waals surface area contributed by atoms with Crippen LogP contribution in [0.15, 0.2) is 54.6 Å². The number of carbonyl (C=O) groups is 1. The van der Waals surface area contributed by atoms with Gasteiger partial charge in [-0.05, 0) is 43.8 Å². The summed E-state index contributed by atoms with van der Waals surface area (Å²) in [4.78, 5) is 14.1. The summed E-state index contributed by atoms with van der Waals surface area (Å²) in [5, 5.41) is 11.7. The summed E-state index contributed by atoms with van der Waals surface area (Å²) in [7, 11) is 1.91. The Bertz CT molecular complexity index is 676. The Hall–Kier alpha value is -2.64. The lowest BCUT2D eigenvalue weighted by atomic mass is 10.1. The van der Waals surface area contributed by atoms with Gasteiger partial charge < -0.3 is 5.32 Å².